The van der Waals surface area contributed by atoms with E-state index in [9.17, 15) is 13.2 Å². The van der Waals surface area contributed by atoms with E-state index in [1.54, 1.807) is 0 Å². The van der Waals surface area contributed by atoms with Crippen LogP contribution in [0.2, 0.25) is 5.02 Å². The largest absolute Gasteiger partial charge is 0.350 e. The fraction of sp³-hybridized carbons (Fsp3) is 0.462. The summed E-state index contributed by atoms with van der Waals surface area (Å²) in [6.45, 7) is 5.98. The normalized spacial score (nSPS) is 13.3. The highest BCUT2D eigenvalue weighted by atomic mass is 79.9. The molecule has 0 heterocycles. The molecular weight excluding hydrogens is 380 g/mol. The Morgan fingerprint density at radius 3 is 2.43 bits per heavy atom. The zero-order valence-corrected chi connectivity index (χ0v) is 15.1. The van der Waals surface area contributed by atoms with E-state index in [1.807, 2.05) is 20.8 Å². The van der Waals surface area contributed by atoms with Crippen molar-refractivity contribution in [2.45, 2.75) is 38.1 Å². The molecule has 0 bridgehead atoms. The average Bonchev–Trinajstić information content (AvgIpc) is 2.24. The van der Waals surface area contributed by atoms with Gasteiger partial charge in [0, 0.05) is 10.5 Å². The molecule has 1 aromatic carbocycles. The van der Waals surface area contributed by atoms with Gasteiger partial charge in [-0.3, -0.25) is 4.79 Å². The molecule has 1 atom stereocenters. The molecule has 0 saturated carbocycles. The summed E-state index contributed by atoms with van der Waals surface area (Å²) in [6.07, 6.45) is 0.807. The van der Waals surface area contributed by atoms with Crippen LogP contribution in [0.5, 0.6) is 0 Å². The smallest absolute Gasteiger partial charge is 0.253 e. The molecule has 0 aliphatic carbocycles. The first-order chi connectivity index (χ1) is 9.52. The maximum atomic E-state index is 12.2. The second kappa shape index (κ2) is 7.09. The number of amides is 1. The van der Waals surface area contributed by atoms with Crippen molar-refractivity contribution in [3.8, 4) is 0 Å². The highest BCUT2D eigenvalue weighted by Crippen LogP contribution is 2.28. The highest BCUT2D eigenvalue weighted by molar-refractivity contribution is 9.10. The molecule has 0 spiro atoms. The molecule has 8 heteroatoms. The summed E-state index contributed by atoms with van der Waals surface area (Å²) in [5.74, 6) is 0.00576. The van der Waals surface area contributed by atoms with Crippen LogP contribution in [0.15, 0.2) is 21.5 Å². The fourth-order valence-corrected chi connectivity index (χ4v) is 4.00. The number of hydrogen-bond donors (Lipinski definition) is 2. The van der Waals surface area contributed by atoms with E-state index in [0.29, 0.717) is 5.92 Å². The Morgan fingerprint density at radius 1 is 1.38 bits per heavy atom. The van der Waals surface area contributed by atoms with E-state index in [-0.39, 0.29) is 26.0 Å². The van der Waals surface area contributed by atoms with Crippen LogP contribution < -0.4 is 10.5 Å². The number of hydrogen-bond acceptors (Lipinski definition) is 3. The van der Waals surface area contributed by atoms with Crippen molar-refractivity contribution in [1.82, 2.24) is 5.32 Å². The Morgan fingerprint density at radius 2 is 1.95 bits per heavy atom. The van der Waals surface area contributed by atoms with Gasteiger partial charge in [0.05, 0.1) is 15.5 Å². The van der Waals surface area contributed by atoms with Crippen LogP contribution in [-0.2, 0) is 10.0 Å². The van der Waals surface area contributed by atoms with Crippen molar-refractivity contribution in [3.05, 3.63) is 27.2 Å². The summed E-state index contributed by atoms with van der Waals surface area (Å²) in [6, 6.07) is 2.48. The van der Waals surface area contributed by atoms with E-state index in [4.69, 9.17) is 16.7 Å². The SMILES string of the molecule is CC(C)CC(C)NC(=O)c1cc(S(N)(=O)=O)c(Br)cc1Cl. The van der Waals surface area contributed by atoms with Crippen molar-refractivity contribution in [2.24, 2.45) is 11.1 Å². The average molecular weight is 398 g/mol. The zero-order chi connectivity index (χ0) is 16.4. The number of primary sulfonamides is 1. The predicted octanol–water partition coefficient (Wildman–Crippen LogP) is 2.91. The molecule has 0 saturated heterocycles. The van der Waals surface area contributed by atoms with Gasteiger partial charge in [-0.05, 0) is 47.3 Å². The van der Waals surface area contributed by atoms with Crippen molar-refractivity contribution in [3.63, 3.8) is 0 Å². The van der Waals surface area contributed by atoms with Gasteiger partial charge in [-0.15, -0.1) is 0 Å². The minimum absolute atomic E-state index is 0.0462. The summed E-state index contributed by atoms with van der Waals surface area (Å²) < 4.78 is 23.2. The van der Waals surface area contributed by atoms with E-state index in [1.165, 1.54) is 12.1 Å². The maximum absolute atomic E-state index is 12.2. The summed E-state index contributed by atoms with van der Waals surface area (Å²) in [5, 5.41) is 8.06. The van der Waals surface area contributed by atoms with E-state index in [2.05, 4.69) is 21.2 Å². The molecule has 0 fully saturated rings. The third-order valence-electron chi connectivity index (χ3n) is 2.78. The molecule has 3 N–H and O–H groups in total. The second-order valence-electron chi connectivity index (χ2n) is 5.31. The third-order valence-corrected chi connectivity index (χ3v) is 4.96. The monoisotopic (exact) mass is 396 g/mol. The van der Waals surface area contributed by atoms with Gasteiger partial charge in [-0.1, -0.05) is 25.4 Å². The highest BCUT2D eigenvalue weighted by Gasteiger charge is 2.20. The van der Waals surface area contributed by atoms with Gasteiger partial charge in [0.25, 0.3) is 5.91 Å². The first-order valence-electron chi connectivity index (χ1n) is 6.35. The predicted molar refractivity (Wildman–Crippen MR) is 86.9 cm³/mol. The molecule has 1 amide bonds. The van der Waals surface area contributed by atoms with Crippen LogP contribution >= 0.6 is 27.5 Å². The summed E-state index contributed by atoms with van der Waals surface area (Å²) in [7, 11) is -3.94. The van der Waals surface area contributed by atoms with Crippen molar-refractivity contribution < 1.29 is 13.2 Å². The van der Waals surface area contributed by atoms with E-state index in [0.717, 1.165) is 6.42 Å². The van der Waals surface area contributed by atoms with Gasteiger partial charge in [0.2, 0.25) is 10.0 Å². The third kappa shape index (κ3) is 5.25. The van der Waals surface area contributed by atoms with Gasteiger partial charge in [0.1, 0.15) is 0 Å². The Hall–Kier alpha value is -0.630. The quantitative estimate of drug-likeness (QED) is 0.800. The van der Waals surface area contributed by atoms with Crippen LogP contribution in [0.3, 0.4) is 0 Å². The molecular formula is C13H18BrClN2O3S. The van der Waals surface area contributed by atoms with Gasteiger partial charge in [-0.25, -0.2) is 13.6 Å². The molecule has 21 heavy (non-hydrogen) atoms. The first-order valence-corrected chi connectivity index (χ1v) is 9.06. The Kier molecular flexibility index (Phi) is 6.22. The van der Waals surface area contributed by atoms with Crippen LogP contribution in [0.4, 0.5) is 0 Å². The van der Waals surface area contributed by atoms with Crippen molar-refractivity contribution in [1.29, 1.82) is 0 Å². The minimum Gasteiger partial charge on any atom is -0.350 e. The number of carbonyl (C=O) groups is 1. The Balaban J connectivity index is 3.10. The zero-order valence-electron chi connectivity index (χ0n) is 12.0. The fourth-order valence-electron chi connectivity index (χ4n) is 1.99. The lowest BCUT2D eigenvalue weighted by molar-refractivity contribution is 0.0936. The van der Waals surface area contributed by atoms with E-state index >= 15 is 0 Å². The lowest BCUT2D eigenvalue weighted by Gasteiger charge is -2.17. The summed E-state index contributed by atoms with van der Waals surface area (Å²) in [4.78, 5) is 12.0. The molecule has 1 rings (SSSR count). The molecule has 1 unspecified atom stereocenters. The van der Waals surface area contributed by atoms with Crippen LogP contribution in [0, 0.1) is 5.92 Å². The number of halogens is 2. The number of nitrogens with two attached hydrogens (primary N) is 1. The lowest BCUT2D eigenvalue weighted by atomic mass is 10.0. The molecule has 0 aliphatic rings. The topological polar surface area (TPSA) is 89.3 Å². The number of rotatable bonds is 5. The molecule has 118 valence electrons. The number of nitrogens with one attached hydrogen (secondary N) is 1. The number of carbonyl (C=O) groups excluding carboxylic acids is 1. The number of benzene rings is 1. The maximum Gasteiger partial charge on any atom is 0.253 e. The van der Waals surface area contributed by atoms with Gasteiger partial charge in [0.15, 0.2) is 0 Å². The molecule has 0 aromatic heterocycles. The molecule has 0 aliphatic heterocycles. The number of sulfonamides is 1. The van der Waals surface area contributed by atoms with Crippen LogP contribution in [-0.4, -0.2) is 20.4 Å². The summed E-state index contributed by atoms with van der Waals surface area (Å²) >= 11 is 9.08. The Bertz CT molecular complexity index is 647. The summed E-state index contributed by atoms with van der Waals surface area (Å²) in [5.41, 5.74) is 0.0829. The standard InChI is InChI=1S/C13H18BrClN2O3S/c1-7(2)4-8(3)17-13(18)9-5-12(21(16,19)20)10(14)6-11(9)15/h5-8H,4H2,1-3H3,(H,17,18)(H2,16,19,20). The first kappa shape index (κ1) is 18.4. The van der Waals surface area contributed by atoms with Gasteiger partial charge in [-0.2, -0.15) is 0 Å². The molecule has 5 nitrogen and oxygen atoms in total. The molecule has 1 aromatic rings. The van der Waals surface area contributed by atoms with Crippen molar-refractivity contribution >= 4 is 43.5 Å². The van der Waals surface area contributed by atoms with Crippen molar-refractivity contribution in [2.75, 3.05) is 0 Å². The van der Waals surface area contributed by atoms with Crippen LogP contribution in [0.1, 0.15) is 37.6 Å². The molecule has 0 radical (unpaired) electrons. The van der Waals surface area contributed by atoms with Crippen LogP contribution in [0.25, 0.3) is 0 Å². The van der Waals surface area contributed by atoms with Gasteiger partial charge < -0.3 is 5.32 Å². The Labute approximate surface area is 138 Å². The second-order valence-corrected chi connectivity index (χ2v) is 8.10. The van der Waals surface area contributed by atoms with Gasteiger partial charge >= 0.3 is 0 Å². The minimum atomic E-state index is -3.94. The lowest BCUT2D eigenvalue weighted by Crippen LogP contribution is -2.33. The van der Waals surface area contributed by atoms with E-state index < -0.39 is 15.9 Å².